The van der Waals surface area contributed by atoms with E-state index in [1.807, 2.05) is 0 Å². The summed E-state index contributed by atoms with van der Waals surface area (Å²) in [5.41, 5.74) is 0.605. The second kappa shape index (κ2) is 6.05. The zero-order valence-corrected chi connectivity index (χ0v) is 14.3. The molecule has 1 aliphatic carbocycles. The molecule has 0 fully saturated rings. The van der Waals surface area contributed by atoms with Crippen LogP contribution in [0.3, 0.4) is 0 Å². The molecule has 0 amide bonds. The van der Waals surface area contributed by atoms with Gasteiger partial charge in [-0.05, 0) is 52.3 Å². The van der Waals surface area contributed by atoms with Gasteiger partial charge in [0.1, 0.15) is 7.85 Å². The minimum atomic E-state index is -1.27. The fourth-order valence-corrected chi connectivity index (χ4v) is 4.49. The van der Waals surface area contributed by atoms with Crippen LogP contribution in [0.5, 0.6) is 0 Å². The second-order valence-electron chi connectivity index (χ2n) is 4.57. The van der Waals surface area contributed by atoms with Crippen LogP contribution in [0.15, 0.2) is 0 Å². The van der Waals surface area contributed by atoms with E-state index in [1.165, 1.54) is 11.3 Å². The Labute approximate surface area is 136 Å². The fourth-order valence-electron chi connectivity index (χ4n) is 2.43. The van der Waals surface area contributed by atoms with Crippen LogP contribution in [0.4, 0.5) is 0 Å². The Hall–Kier alpha value is -0.565. The van der Waals surface area contributed by atoms with Gasteiger partial charge in [0.05, 0.1) is 16.1 Å². The Morgan fingerprint density at radius 2 is 1.70 bits per heavy atom. The third kappa shape index (κ3) is 2.50. The third-order valence-corrected chi connectivity index (χ3v) is 5.59. The molecule has 1 aromatic rings. The van der Waals surface area contributed by atoms with E-state index in [0.717, 1.165) is 14.0 Å². The Morgan fingerprint density at radius 3 is 2.15 bits per heavy atom. The van der Waals surface area contributed by atoms with Crippen molar-refractivity contribution in [2.24, 2.45) is 5.41 Å². The van der Waals surface area contributed by atoms with E-state index in [1.54, 1.807) is 13.8 Å². The lowest BCUT2D eigenvalue weighted by Gasteiger charge is -2.24. The highest BCUT2D eigenvalue weighted by molar-refractivity contribution is 14.1. The molecule has 106 valence electrons. The SMILES string of the molecule is [B]c1sc(I)c2c1CC(C(=O)OCC)(C(=O)OCC)C2. The monoisotopic (exact) mass is 404 g/mol. The number of rotatable bonds is 4. The molecule has 0 atom stereocenters. The predicted octanol–water partition coefficient (Wildman–Crippen LogP) is 1.36. The van der Waals surface area contributed by atoms with Gasteiger partial charge in [-0.2, -0.15) is 0 Å². The van der Waals surface area contributed by atoms with Crippen LogP contribution in [-0.2, 0) is 31.9 Å². The first-order valence-electron chi connectivity index (χ1n) is 6.36. The van der Waals surface area contributed by atoms with E-state index in [-0.39, 0.29) is 19.6 Å². The van der Waals surface area contributed by atoms with Crippen molar-refractivity contribution in [1.82, 2.24) is 0 Å². The van der Waals surface area contributed by atoms with Crippen LogP contribution < -0.4 is 4.78 Å². The Morgan fingerprint density at radius 1 is 1.20 bits per heavy atom. The maximum absolute atomic E-state index is 12.3. The Kier molecular flexibility index (Phi) is 4.78. The highest BCUT2D eigenvalue weighted by atomic mass is 127. The highest BCUT2D eigenvalue weighted by Gasteiger charge is 2.54. The standard InChI is InChI=1S/C13H14BIO4S/c1-3-18-11(16)13(12(17)19-4-2)5-7-8(6-13)10(15)20-9(7)14/h3-6H2,1-2H3. The van der Waals surface area contributed by atoms with Gasteiger partial charge in [-0.15, -0.1) is 11.3 Å². The zero-order chi connectivity index (χ0) is 14.9. The summed E-state index contributed by atoms with van der Waals surface area (Å²) in [6.07, 6.45) is 0.581. The van der Waals surface area contributed by atoms with E-state index in [4.69, 9.17) is 17.3 Å². The third-order valence-electron chi connectivity index (χ3n) is 3.39. The Balaban J connectivity index is 2.39. The minimum Gasteiger partial charge on any atom is -0.465 e. The molecule has 7 heteroatoms. The summed E-state index contributed by atoms with van der Waals surface area (Å²) in [6.45, 7) is 3.91. The molecule has 1 heterocycles. The molecule has 0 unspecified atom stereocenters. The second-order valence-corrected chi connectivity index (χ2v) is 7.44. The number of esters is 2. The molecule has 1 aliphatic rings. The van der Waals surface area contributed by atoms with Crippen molar-refractivity contribution in [3.63, 3.8) is 0 Å². The smallest absolute Gasteiger partial charge is 0.324 e. The van der Waals surface area contributed by atoms with Crippen LogP contribution in [0.1, 0.15) is 25.0 Å². The maximum atomic E-state index is 12.3. The van der Waals surface area contributed by atoms with Gasteiger partial charge in [0.2, 0.25) is 0 Å². The number of carbonyl (C=O) groups is 2. The lowest BCUT2D eigenvalue weighted by atomic mass is 9.84. The average Bonchev–Trinajstić information content (AvgIpc) is 2.91. The molecule has 20 heavy (non-hydrogen) atoms. The van der Waals surface area contributed by atoms with E-state index < -0.39 is 17.4 Å². The van der Waals surface area contributed by atoms with Gasteiger partial charge in [-0.1, -0.05) is 0 Å². The predicted molar refractivity (Wildman–Crippen MR) is 85.5 cm³/mol. The van der Waals surface area contributed by atoms with Gasteiger partial charge >= 0.3 is 11.9 Å². The summed E-state index contributed by atoms with van der Waals surface area (Å²) < 4.78 is 11.9. The quantitative estimate of drug-likeness (QED) is 0.329. The average molecular weight is 404 g/mol. The number of halogens is 1. The van der Waals surface area contributed by atoms with Crippen LogP contribution >= 0.6 is 33.9 Å². The van der Waals surface area contributed by atoms with Crippen molar-refractivity contribution in [2.45, 2.75) is 26.7 Å². The fraction of sp³-hybridized carbons (Fsp3) is 0.538. The van der Waals surface area contributed by atoms with Gasteiger partial charge in [0, 0.05) is 12.8 Å². The molecule has 0 bridgehead atoms. The zero-order valence-electron chi connectivity index (χ0n) is 11.3. The topological polar surface area (TPSA) is 52.6 Å². The largest absolute Gasteiger partial charge is 0.465 e. The molecule has 4 nitrogen and oxygen atoms in total. The molecule has 2 radical (unpaired) electrons. The number of hydrogen-bond donors (Lipinski definition) is 0. The summed E-state index contributed by atoms with van der Waals surface area (Å²) in [5, 5.41) is 0. The summed E-state index contributed by atoms with van der Waals surface area (Å²) in [5.74, 6) is -1.04. The molecular formula is C13H14BIO4S. The number of hydrogen-bond acceptors (Lipinski definition) is 5. The van der Waals surface area contributed by atoms with Gasteiger partial charge in [0.15, 0.2) is 5.41 Å². The van der Waals surface area contributed by atoms with Crippen LogP contribution in [0.2, 0.25) is 0 Å². The molecule has 0 aromatic carbocycles. The number of thiophene rings is 1. The summed E-state index contributed by atoms with van der Waals surface area (Å²) in [6, 6.07) is 0. The van der Waals surface area contributed by atoms with E-state index in [0.29, 0.717) is 11.2 Å². The van der Waals surface area contributed by atoms with Gasteiger partial charge < -0.3 is 9.47 Å². The number of fused-ring (bicyclic) bond motifs is 1. The maximum Gasteiger partial charge on any atom is 0.324 e. The lowest BCUT2D eigenvalue weighted by Crippen LogP contribution is -2.43. The van der Waals surface area contributed by atoms with Crippen molar-refractivity contribution >= 4 is 58.5 Å². The number of ether oxygens (including phenoxy) is 2. The highest BCUT2D eigenvalue weighted by Crippen LogP contribution is 2.42. The normalized spacial score (nSPS) is 15.8. The van der Waals surface area contributed by atoms with Crippen molar-refractivity contribution in [1.29, 1.82) is 0 Å². The number of carbonyl (C=O) groups excluding carboxylic acids is 2. The first kappa shape index (κ1) is 15.8. The summed E-state index contributed by atoms with van der Waals surface area (Å²) >= 11 is 3.67. The van der Waals surface area contributed by atoms with E-state index >= 15 is 0 Å². The molecule has 0 N–H and O–H groups in total. The molecule has 0 saturated heterocycles. The molecule has 0 spiro atoms. The Bertz CT molecular complexity index is 508. The summed E-state index contributed by atoms with van der Waals surface area (Å²) in [7, 11) is 5.97. The van der Waals surface area contributed by atoms with Crippen molar-refractivity contribution in [3.05, 3.63) is 14.0 Å². The molecular weight excluding hydrogens is 390 g/mol. The van der Waals surface area contributed by atoms with E-state index in [2.05, 4.69) is 22.6 Å². The lowest BCUT2D eigenvalue weighted by molar-refractivity contribution is -0.171. The van der Waals surface area contributed by atoms with Crippen molar-refractivity contribution in [3.8, 4) is 0 Å². The van der Waals surface area contributed by atoms with Crippen LogP contribution in [0.25, 0.3) is 0 Å². The van der Waals surface area contributed by atoms with Gasteiger partial charge in [-0.25, -0.2) is 0 Å². The van der Waals surface area contributed by atoms with Crippen LogP contribution in [-0.4, -0.2) is 33.0 Å². The molecule has 2 rings (SSSR count). The molecule has 0 saturated carbocycles. The van der Waals surface area contributed by atoms with E-state index in [9.17, 15) is 9.59 Å². The first-order chi connectivity index (χ1) is 9.46. The van der Waals surface area contributed by atoms with Crippen molar-refractivity contribution < 1.29 is 19.1 Å². The first-order valence-corrected chi connectivity index (χ1v) is 8.25. The van der Waals surface area contributed by atoms with Crippen LogP contribution in [0, 0.1) is 8.30 Å². The molecule has 0 aliphatic heterocycles. The summed E-state index contributed by atoms with van der Waals surface area (Å²) in [4.78, 5) is 24.6. The molecule has 1 aromatic heterocycles. The minimum absolute atomic E-state index is 0.236. The van der Waals surface area contributed by atoms with Crippen molar-refractivity contribution in [2.75, 3.05) is 13.2 Å². The van der Waals surface area contributed by atoms with Gasteiger partial charge in [-0.3, -0.25) is 9.59 Å². The van der Waals surface area contributed by atoms with Gasteiger partial charge in [0.25, 0.3) is 0 Å².